The molecule has 3 unspecified atom stereocenters. The Morgan fingerprint density at radius 2 is 2.18 bits per heavy atom. The normalized spacial score (nSPS) is 28.5. The number of hydrogen-bond donors (Lipinski definition) is 2. The molecule has 2 aromatic rings. The molecule has 1 fully saturated rings. The third kappa shape index (κ3) is 2.86. The second kappa shape index (κ2) is 5.72. The van der Waals surface area contributed by atoms with Crippen LogP contribution in [0.3, 0.4) is 0 Å². The van der Waals surface area contributed by atoms with Gasteiger partial charge in [0.2, 0.25) is 0 Å². The van der Waals surface area contributed by atoms with E-state index >= 15 is 0 Å². The van der Waals surface area contributed by atoms with Crippen LogP contribution >= 0.6 is 0 Å². The Balaban J connectivity index is 1.85. The molecule has 5 heteroatoms. The van der Waals surface area contributed by atoms with Gasteiger partial charge in [0, 0.05) is 17.0 Å². The smallest absolute Gasteiger partial charge is 0.137 e. The maximum atomic E-state index is 6.34. The molecule has 3 atom stereocenters. The summed E-state index contributed by atoms with van der Waals surface area (Å²) in [7, 11) is 1.67. The molecule has 5 nitrogen and oxygen atoms in total. The molecule has 1 aromatic heterocycles. The number of ether oxygens (including phenoxy) is 1. The zero-order valence-electron chi connectivity index (χ0n) is 13.5. The summed E-state index contributed by atoms with van der Waals surface area (Å²) >= 11 is 0. The van der Waals surface area contributed by atoms with Gasteiger partial charge >= 0.3 is 0 Å². The lowest BCUT2D eigenvalue weighted by atomic mass is 9.73. The van der Waals surface area contributed by atoms with Crippen molar-refractivity contribution in [1.29, 1.82) is 0 Å². The Bertz CT molecular complexity index is 671. The predicted molar refractivity (Wildman–Crippen MR) is 89.1 cm³/mol. The molecular weight excluding hydrogens is 276 g/mol. The number of hydrogen-bond acceptors (Lipinski definition) is 5. The standard InChI is InChI=1S/C17H24N4O/c1-11-8-12(6-7-17(11,2)18)21-16-14-9-13(22-3)4-5-15(14)19-10-20-16/h4-5,9-12H,6-8,18H2,1-3H3,(H,19,20,21). The molecular formula is C17H24N4O. The topological polar surface area (TPSA) is 73.1 Å². The van der Waals surface area contributed by atoms with Gasteiger partial charge in [-0.15, -0.1) is 0 Å². The highest BCUT2D eigenvalue weighted by Gasteiger charge is 2.34. The molecule has 0 saturated heterocycles. The van der Waals surface area contributed by atoms with Crippen molar-refractivity contribution < 1.29 is 4.74 Å². The summed E-state index contributed by atoms with van der Waals surface area (Å²) in [5.41, 5.74) is 7.20. The van der Waals surface area contributed by atoms with E-state index in [2.05, 4.69) is 29.1 Å². The predicted octanol–water partition coefficient (Wildman–Crippen LogP) is 2.96. The Morgan fingerprint density at radius 1 is 1.36 bits per heavy atom. The van der Waals surface area contributed by atoms with Gasteiger partial charge in [0.05, 0.1) is 12.6 Å². The summed E-state index contributed by atoms with van der Waals surface area (Å²) in [5.74, 6) is 2.18. The molecule has 1 heterocycles. The maximum absolute atomic E-state index is 6.34. The van der Waals surface area contributed by atoms with Gasteiger partial charge < -0.3 is 15.8 Å². The van der Waals surface area contributed by atoms with E-state index in [9.17, 15) is 0 Å². The van der Waals surface area contributed by atoms with Crippen LogP contribution in [-0.4, -0.2) is 28.7 Å². The quantitative estimate of drug-likeness (QED) is 0.911. The van der Waals surface area contributed by atoms with Crippen molar-refractivity contribution in [2.45, 2.75) is 44.7 Å². The van der Waals surface area contributed by atoms with Crippen molar-refractivity contribution in [1.82, 2.24) is 9.97 Å². The van der Waals surface area contributed by atoms with Gasteiger partial charge in [-0.1, -0.05) is 6.92 Å². The molecule has 3 N–H and O–H groups in total. The van der Waals surface area contributed by atoms with E-state index in [1.807, 2.05) is 18.2 Å². The SMILES string of the molecule is COc1ccc2ncnc(NC3CCC(C)(N)C(C)C3)c2c1. The summed E-state index contributed by atoms with van der Waals surface area (Å²) in [6.45, 7) is 4.38. The van der Waals surface area contributed by atoms with Crippen LogP contribution in [0.1, 0.15) is 33.1 Å². The lowest BCUT2D eigenvalue weighted by Gasteiger charge is -2.40. The largest absolute Gasteiger partial charge is 0.497 e. The molecule has 0 aliphatic heterocycles. The number of nitrogens with one attached hydrogen (secondary N) is 1. The number of benzene rings is 1. The van der Waals surface area contributed by atoms with Crippen LogP contribution in [0, 0.1) is 5.92 Å². The van der Waals surface area contributed by atoms with Crippen LogP contribution in [0.2, 0.25) is 0 Å². The van der Waals surface area contributed by atoms with Gasteiger partial charge in [-0.05, 0) is 50.3 Å². The minimum atomic E-state index is -0.0604. The molecule has 3 rings (SSSR count). The first-order valence-electron chi connectivity index (χ1n) is 7.84. The average molecular weight is 300 g/mol. The van der Waals surface area contributed by atoms with E-state index < -0.39 is 0 Å². The van der Waals surface area contributed by atoms with E-state index in [-0.39, 0.29) is 5.54 Å². The molecule has 0 bridgehead atoms. The number of nitrogens with two attached hydrogens (primary N) is 1. The van der Waals surface area contributed by atoms with E-state index in [1.165, 1.54) is 0 Å². The molecule has 1 saturated carbocycles. The lowest BCUT2D eigenvalue weighted by Crippen LogP contribution is -2.49. The first-order chi connectivity index (χ1) is 10.5. The van der Waals surface area contributed by atoms with Crippen LogP contribution in [-0.2, 0) is 0 Å². The average Bonchev–Trinajstić information content (AvgIpc) is 2.51. The van der Waals surface area contributed by atoms with E-state index in [4.69, 9.17) is 10.5 Å². The third-order valence-electron chi connectivity index (χ3n) is 4.98. The van der Waals surface area contributed by atoms with E-state index in [0.717, 1.165) is 41.7 Å². The molecule has 0 spiro atoms. The van der Waals surface area contributed by atoms with Crippen LogP contribution in [0.4, 0.5) is 5.82 Å². The van der Waals surface area contributed by atoms with Crippen LogP contribution in [0.5, 0.6) is 5.75 Å². The summed E-state index contributed by atoms with van der Waals surface area (Å²) in [4.78, 5) is 8.75. The molecule has 1 aliphatic carbocycles. The number of anilines is 1. The Hall–Kier alpha value is -1.88. The Morgan fingerprint density at radius 3 is 2.91 bits per heavy atom. The Labute approximate surface area is 131 Å². The maximum Gasteiger partial charge on any atom is 0.137 e. The number of fused-ring (bicyclic) bond motifs is 1. The number of methoxy groups -OCH3 is 1. The minimum Gasteiger partial charge on any atom is -0.497 e. The second-order valence-corrected chi connectivity index (χ2v) is 6.63. The molecule has 22 heavy (non-hydrogen) atoms. The second-order valence-electron chi connectivity index (χ2n) is 6.63. The fraction of sp³-hybridized carbons (Fsp3) is 0.529. The molecule has 0 amide bonds. The van der Waals surface area contributed by atoms with Crippen molar-refractivity contribution in [3.8, 4) is 5.75 Å². The van der Waals surface area contributed by atoms with Crippen LogP contribution in [0.15, 0.2) is 24.5 Å². The number of nitrogens with zero attached hydrogens (tertiary/aromatic N) is 2. The third-order valence-corrected chi connectivity index (χ3v) is 4.98. The summed E-state index contributed by atoms with van der Waals surface area (Å²) < 4.78 is 5.31. The van der Waals surface area contributed by atoms with Crippen LogP contribution < -0.4 is 15.8 Å². The van der Waals surface area contributed by atoms with Gasteiger partial charge in [0.15, 0.2) is 0 Å². The minimum absolute atomic E-state index is 0.0604. The van der Waals surface area contributed by atoms with Gasteiger partial charge in [0.1, 0.15) is 17.9 Å². The zero-order valence-corrected chi connectivity index (χ0v) is 13.5. The highest BCUT2D eigenvalue weighted by molar-refractivity contribution is 5.90. The highest BCUT2D eigenvalue weighted by Crippen LogP contribution is 2.33. The number of aromatic nitrogens is 2. The summed E-state index contributed by atoms with van der Waals surface area (Å²) in [6.07, 6.45) is 4.75. The van der Waals surface area contributed by atoms with Crippen molar-refractivity contribution in [2.75, 3.05) is 12.4 Å². The monoisotopic (exact) mass is 300 g/mol. The van der Waals surface area contributed by atoms with Crippen molar-refractivity contribution >= 4 is 16.7 Å². The van der Waals surface area contributed by atoms with Gasteiger partial charge in [-0.25, -0.2) is 9.97 Å². The van der Waals surface area contributed by atoms with Gasteiger partial charge in [0.25, 0.3) is 0 Å². The number of rotatable bonds is 3. The highest BCUT2D eigenvalue weighted by atomic mass is 16.5. The van der Waals surface area contributed by atoms with Crippen molar-refractivity contribution in [3.05, 3.63) is 24.5 Å². The molecule has 0 radical (unpaired) electrons. The zero-order chi connectivity index (χ0) is 15.7. The van der Waals surface area contributed by atoms with Crippen molar-refractivity contribution in [3.63, 3.8) is 0 Å². The fourth-order valence-electron chi connectivity index (χ4n) is 3.15. The van der Waals surface area contributed by atoms with E-state index in [1.54, 1.807) is 13.4 Å². The Kier molecular flexibility index (Phi) is 3.91. The summed E-state index contributed by atoms with van der Waals surface area (Å²) in [5, 5.41) is 4.58. The van der Waals surface area contributed by atoms with Crippen molar-refractivity contribution in [2.24, 2.45) is 11.7 Å². The summed E-state index contributed by atoms with van der Waals surface area (Å²) in [6, 6.07) is 6.26. The van der Waals surface area contributed by atoms with Gasteiger partial charge in [-0.3, -0.25) is 0 Å². The van der Waals surface area contributed by atoms with E-state index in [0.29, 0.717) is 12.0 Å². The molecule has 1 aliphatic rings. The molecule has 1 aromatic carbocycles. The van der Waals surface area contributed by atoms with Gasteiger partial charge in [-0.2, -0.15) is 0 Å². The lowest BCUT2D eigenvalue weighted by molar-refractivity contribution is 0.214. The molecule has 118 valence electrons. The fourth-order valence-corrected chi connectivity index (χ4v) is 3.15. The first-order valence-corrected chi connectivity index (χ1v) is 7.84. The van der Waals surface area contributed by atoms with Crippen LogP contribution in [0.25, 0.3) is 10.9 Å². The first kappa shape index (κ1) is 15.0.